The first kappa shape index (κ1) is 17.5. The molecule has 3 nitrogen and oxygen atoms in total. The molecule has 0 bridgehead atoms. The number of nitrogens with zero attached hydrogens (tertiary/aromatic N) is 2. The lowest BCUT2D eigenvalue weighted by Gasteiger charge is -2.03. The average molecular weight is 362 g/mol. The van der Waals surface area contributed by atoms with Crippen molar-refractivity contribution < 1.29 is 4.42 Å². The van der Waals surface area contributed by atoms with Crippen LogP contribution < -0.4 is 0 Å². The van der Waals surface area contributed by atoms with E-state index in [0.29, 0.717) is 17.2 Å². The Kier molecular flexibility index (Phi) is 4.86. The molecule has 0 saturated carbocycles. The van der Waals surface area contributed by atoms with Gasteiger partial charge in [0.2, 0.25) is 5.88 Å². The summed E-state index contributed by atoms with van der Waals surface area (Å²) in [5, 5.41) is 9.87. The smallest absolute Gasteiger partial charge is 0.238 e. The minimum absolute atomic E-state index is 0.320. The highest BCUT2D eigenvalue weighted by Crippen LogP contribution is 2.42. The van der Waals surface area contributed by atoms with Crippen LogP contribution in [0, 0.1) is 18.3 Å². The highest BCUT2D eigenvalue weighted by Gasteiger charge is 2.22. The Hall–Kier alpha value is -3.90. The Bertz CT molecular complexity index is 1150. The van der Waals surface area contributed by atoms with Crippen LogP contribution in [0.2, 0.25) is 0 Å². The quantitative estimate of drug-likeness (QED) is 0.387. The van der Waals surface area contributed by atoms with Gasteiger partial charge in [0.05, 0.1) is 0 Å². The molecule has 28 heavy (non-hydrogen) atoms. The Balaban J connectivity index is 1.87. The molecule has 0 fully saturated rings. The summed E-state index contributed by atoms with van der Waals surface area (Å²) in [5.74, 6) is 0.972. The van der Waals surface area contributed by atoms with E-state index in [0.717, 1.165) is 22.3 Å². The van der Waals surface area contributed by atoms with Crippen LogP contribution in [-0.2, 0) is 0 Å². The van der Waals surface area contributed by atoms with Crippen molar-refractivity contribution in [2.45, 2.75) is 6.92 Å². The maximum absolute atomic E-state index is 9.87. The van der Waals surface area contributed by atoms with Crippen LogP contribution in [0.3, 0.4) is 0 Å². The van der Waals surface area contributed by atoms with Crippen molar-refractivity contribution >= 4 is 12.1 Å². The molecule has 0 N–H and O–H groups in total. The van der Waals surface area contributed by atoms with Crippen LogP contribution in [0.1, 0.15) is 16.7 Å². The van der Waals surface area contributed by atoms with Crippen molar-refractivity contribution in [3.05, 3.63) is 102 Å². The Morgan fingerprint density at radius 2 is 1.43 bits per heavy atom. The molecular formula is C25H18N2O. The zero-order valence-electron chi connectivity index (χ0n) is 15.5. The number of aliphatic imine (C=N–C) groups is 1. The summed E-state index contributed by atoms with van der Waals surface area (Å²) in [4.78, 5) is 4.50. The van der Waals surface area contributed by atoms with E-state index >= 15 is 0 Å². The lowest BCUT2D eigenvalue weighted by Crippen LogP contribution is -1.83. The molecule has 0 aliphatic carbocycles. The van der Waals surface area contributed by atoms with Crippen LogP contribution in [0.15, 0.2) is 94.3 Å². The van der Waals surface area contributed by atoms with Crippen molar-refractivity contribution in [1.29, 1.82) is 5.26 Å². The third-order valence-corrected chi connectivity index (χ3v) is 4.51. The fourth-order valence-electron chi connectivity index (χ4n) is 3.07. The average Bonchev–Trinajstić information content (AvgIpc) is 3.13. The van der Waals surface area contributed by atoms with Gasteiger partial charge in [-0.1, -0.05) is 90.5 Å². The number of nitriles is 1. The summed E-state index contributed by atoms with van der Waals surface area (Å²) < 4.78 is 6.10. The summed E-state index contributed by atoms with van der Waals surface area (Å²) in [6, 6.07) is 29.9. The second kappa shape index (κ2) is 7.77. The summed E-state index contributed by atoms with van der Waals surface area (Å²) in [6.45, 7) is 2.04. The van der Waals surface area contributed by atoms with Gasteiger partial charge in [0.25, 0.3) is 0 Å². The van der Waals surface area contributed by atoms with E-state index in [-0.39, 0.29) is 0 Å². The molecule has 134 valence electrons. The van der Waals surface area contributed by atoms with E-state index in [4.69, 9.17) is 4.42 Å². The number of rotatable bonds is 4. The van der Waals surface area contributed by atoms with Crippen molar-refractivity contribution in [1.82, 2.24) is 0 Å². The minimum Gasteiger partial charge on any atom is -0.436 e. The van der Waals surface area contributed by atoms with Gasteiger partial charge >= 0.3 is 0 Å². The second-order valence-electron chi connectivity index (χ2n) is 6.50. The molecule has 3 aromatic carbocycles. The normalized spacial score (nSPS) is 10.9. The molecule has 0 spiro atoms. The molecule has 4 rings (SSSR count). The standard InChI is InChI=1S/C25H18N2O/c1-18-12-14-19(15-13-18)17-27-25-22(16-26)23(20-8-4-2-5-9-20)24(28-25)21-10-6-3-7-11-21/h2-15,17H,1H3/b27-17+. The number of aryl methyl sites for hydroxylation is 1. The molecule has 4 aromatic rings. The predicted octanol–water partition coefficient (Wildman–Crippen LogP) is 6.54. The lowest BCUT2D eigenvalue weighted by atomic mass is 9.98. The molecule has 1 heterocycles. The van der Waals surface area contributed by atoms with Gasteiger partial charge in [0, 0.05) is 17.3 Å². The van der Waals surface area contributed by atoms with Crippen molar-refractivity contribution in [3.63, 3.8) is 0 Å². The first-order chi connectivity index (χ1) is 13.8. The first-order valence-corrected chi connectivity index (χ1v) is 9.05. The molecule has 0 unspecified atom stereocenters. The molecule has 0 aliphatic heterocycles. The maximum atomic E-state index is 9.87. The molecule has 0 aliphatic rings. The Morgan fingerprint density at radius 3 is 2.04 bits per heavy atom. The summed E-state index contributed by atoms with van der Waals surface area (Å²) in [6.07, 6.45) is 1.72. The van der Waals surface area contributed by atoms with Gasteiger partial charge in [-0.25, -0.2) is 4.99 Å². The van der Waals surface area contributed by atoms with Gasteiger partial charge in [-0.05, 0) is 18.1 Å². The fourth-order valence-corrected chi connectivity index (χ4v) is 3.07. The van der Waals surface area contributed by atoms with E-state index in [2.05, 4.69) is 11.1 Å². The molecule has 0 atom stereocenters. The SMILES string of the molecule is Cc1ccc(/C=N/c2oc(-c3ccccc3)c(-c3ccccc3)c2C#N)cc1. The van der Waals surface area contributed by atoms with Gasteiger partial charge in [0.1, 0.15) is 17.4 Å². The third-order valence-electron chi connectivity index (χ3n) is 4.51. The molecule has 0 amide bonds. The highest BCUT2D eigenvalue weighted by molar-refractivity contribution is 5.89. The monoisotopic (exact) mass is 362 g/mol. The summed E-state index contributed by atoms with van der Waals surface area (Å²) in [7, 11) is 0. The second-order valence-corrected chi connectivity index (χ2v) is 6.50. The van der Waals surface area contributed by atoms with E-state index in [1.54, 1.807) is 6.21 Å². The van der Waals surface area contributed by atoms with Crippen LogP contribution in [-0.4, -0.2) is 6.21 Å². The number of hydrogen-bond acceptors (Lipinski definition) is 3. The van der Waals surface area contributed by atoms with E-state index in [9.17, 15) is 5.26 Å². The summed E-state index contributed by atoms with van der Waals surface area (Å²) in [5.41, 5.74) is 5.19. The van der Waals surface area contributed by atoms with Crippen LogP contribution in [0.25, 0.3) is 22.5 Å². The summed E-state index contributed by atoms with van der Waals surface area (Å²) >= 11 is 0. The zero-order valence-corrected chi connectivity index (χ0v) is 15.5. The Morgan fingerprint density at radius 1 is 0.821 bits per heavy atom. The largest absolute Gasteiger partial charge is 0.436 e. The molecule has 1 aromatic heterocycles. The number of benzene rings is 3. The number of hydrogen-bond donors (Lipinski definition) is 0. The van der Waals surface area contributed by atoms with Gasteiger partial charge in [-0.15, -0.1) is 0 Å². The van der Waals surface area contributed by atoms with E-state index in [1.165, 1.54) is 5.56 Å². The molecule has 0 radical (unpaired) electrons. The molecular weight excluding hydrogens is 344 g/mol. The third kappa shape index (κ3) is 3.49. The van der Waals surface area contributed by atoms with Gasteiger partial charge in [-0.2, -0.15) is 5.26 Å². The van der Waals surface area contributed by atoms with Crippen molar-refractivity contribution in [2.75, 3.05) is 0 Å². The van der Waals surface area contributed by atoms with Crippen LogP contribution in [0.4, 0.5) is 5.88 Å². The van der Waals surface area contributed by atoms with Crippen molar-refractivity contribution in [2.24, 2.45) is 4.99 Å². The first-order valence-electron chi connectivity index (χ1n) is 9.05. The van der Waals surface area contributed by atoms with Crippen LogP contribution in [0.5, 0.6) is 0 Å². The Labute approximate surface area is 164 Å². The minimum atomic E-state index is 0.320. The van der Waals surface area contributed by atoms with E-state index < -0.39 is 0 Å². The van der Waals surface area contributed by atoms with Crippen LogP contribution >= 0.6 is 0 Å². The maximum Gasteiger partial charge on any atom is 0.238 e. The van der Waals surface area contributed by atoms with E-state index in [1.807, 2.05) is 91.9 Å². The predicted molar refractivity (Wildman–Crippen MR) is 113 cm³/mol. The number of furan rings is 1. The zero-order chi connectivity index (χ0) is 19.3. The van der Waals surface area contributed by atoms with Gasteiger partial charge < -0.3 is 4.42 Å². The fraction of sp³-hybridized carbons (Fsp3) is 0.0400. The molecule has 0 saturated heterocycles. The van der Waals surface area contributed by atoms with Crippen molar-refractivity contribution in [3.8, 4) is 28.5 Å². The van der Waals surface area contributed by atoms with Gasteiger partial charge in [-0.3, -0.25) is 0 Å². The highest BCUT2D eigenvalue weighted by atomic mass is 16.4. The topological polar surface area (TPSA) is 49.3 Å². The van der Waals surface area contributed by atoms with Gasteiger partial charge in [0.15, 0.2) is 0 Å². The lowest BCUT2D eigenvalue weighted by molar-refractivity contribution is 0.593. The molecule has 3 heteroatoms.